The zero-order valence-corrected chi connectivity index (χ0v) is 14.0. The van der Waals surface area contributed by atoms with Crippen LogP contribution in [0.25, 0.3) is 10.9 Å². The third-order valence-electron chi connectivity index (χ3n) is 3.78. The van der Waals surface area contributed by atoms with Gasteiger partial charge >= 0.3 is 0 Å². The molecule has 4 nitrogen and oxygen atoms in total. The molecular weight excluding hydrogens is 352 g/mol. The molecule has 0 radical (unpaired) electrons. The van der Waals surface area contributed by atoms with Crippen LogP contribution in [0.4, 0.5) is 5.82 Å². The number of rotatable bonds is 2. The smallest absolute Gasteiger partial charge is 0.152 e. The van der Waals surface area contributed by atoms with E-state index in [1.165, 1.54) is 0 Å². The fourth-order valence-corrected chi connectivity index (χ4v) is 4.36. The molecule has 0 aliphatic carbocycles. The Balaban J connectivity index is 2.02. The van der Waals surface area contributed by atoms with Gasteiger partial charge in [0, 0.05) is 29.4 Å². The fraction of sp³-hybridized carbons (Fsp3) is 0.400. The van der Waals surface area contributed by atoms with Crippen LogP contribution >= 0.6 is 15.9 Å². The summed E-state index contributed by atoms with van der Waals surface area (Å²) in [6, 6.07) is 10.1. The maximum absolute atomic E-state index is 11.8. The van der Waals surface area contributed by atoms with Crippen LogP contribution in [0.1, 0.15) is 12.0 Å². The third kappa shape index (κ3) is 3.21. The van der Waals surface area contributed by atoms with Gasteiger partial charge in [0.1, 0.15) is 5.82 Å². The Morgan fingerprint density at radius 1 is 1.19 bits per heavy atom. The summed E-state index contributed by atoms with van der Waals surface area (Å²) in [6.07, 6.45) is 0.665. The Labute approximate surface area is 133 Å². The number of nitrogens with zero attached hydrogens (tertiary/aromatic N) is 2. The number of halogens is 1. The summed E-state index contributed by atoms with van der Waals surface area (Å²) in [5, 5.41) is 1.82. The van der Waals surface area contributed by atoms with Gasteiger partial charge in [0.2, 0.25) is 0 Å². The zero-order valence-electron chi connectivity index (χ0n) is 11.6. The highest BCUT2D eigenvalue weighted by Crippen LogP contribution is 2.26. The average Bonchev–Trinajstić information content (AvgIpc) is 2.66. The van der Waals surface area contributed by atoms with Crippen LogP contribution in [0.2, 0.25) is 0 Å². The Bertz CT molecular complexity index is 761. The summed E-state index contributed by atoms with van der Waals surface area (Å²) in [5.41, 5.74) is 2.05. The van der Waals surface area contributed by atoms with E-state index in [1.807, 2.05) is 24.3 Å². The number of hydrogen-bond acceptors (Lipinski definition) is 4. The summed E-state index contributed by atoms with van der Waals surface area (Å²) >= 11 is 3.52. The van der Waals surface area contributed by atoms with Gasteiger partial charge in [0.25, 0.3) is 0 Å². The van der Waals surface area contributed by atoms with Crippen molar-refractivity contribution in [2.24, 2.45) is 0 Å². The van der Waals surface area contributed by atoms with E-state index in [1.54, 1.807) is 0 Å². The molecule has 0 unspecified atom stereocenters. The van der Waals surface area contributed by atoms with Crippen molar-refractivity contribution in [3.8, 4) is 0 Å². The van der Waals surface area contributed by atoms with Crippen molar-refractivity contribution in [1.82, 2.24) is 4.98 Å². The first-order valence-electron chi connectivity index (χ1n) is 6.99. The van der Waals surface area contributed by atoms with Crippen molar-refractivity contribution in [3.63, 3.8) is 0 Å². The zero-order chi connectivity index (χ0) is 14.9. The van der Waals surface area contributed by atoms with Crippen LogP contribution in [0.5, 0.6) is 0 Å². The van der Waals surface area contributed by atoms with Gasteiger partial charge in [-0.1, -0.05) is 34.1 Å². The molecule has 0 amide bonds. The normalized spacial score (nSPS) is 18.6. The molecule has 2 heterocycles. The minimum Gasteiger partial charge on any atom is -0.355 e. The lowest BCUT2D eigenvalue weighted by Crippen LogP contribution is -2.28. The van der Waals surface area contributed by atoms with Crippen molar-refractivity contribution >= 4 is 42.5 Å². The second-order valence-electron chi connectivity index (χ2n) is 5.29. The highest BCUT2D eigenvalue weighted by atomic mass is 79.9. The molecule has 1 aromatic heterocycles. The van der Waals surface area contributed by atoms with Crippen molar-refractivity contribution in [3.05, 3.63) is 35.9 Å². The Morgan fingerprint density at radius 3 is 2.81 bits per heavy atom. The second-order valence-corrected chi connectivity index (χ2v) is 8.15. The molecule has 0 spiro atoms. The SMILES string of the molecule is O=S1(=O)CCCN(c2nc3ccccc3cc2CBr)CC1. The van der Waals surface area contributed by atoms with Crippen LogP contribution in [-0.2, 0) is 15.2 Å². The number of aromatic nitrogens is 1. The maximum Gasteiger partial charge on any atom is 0.152 e. The van der Waals surface area contributed by atoms with Gasteiger partial charge in [-0.3, -0.25) is 0 Å². The van der Waals surface area contributed by atoms with E-state index >= 15 is 0 Å². The van der Waals surface area contributed by atoms with Gasteiger partial charge in [-0.05, 0) is 18.6 Å². The van der Waals surface area contributed by atoms with Gasteiger partial charge in [-0.2, -0.15) is 0 Å². The number of alkyl halides is 1. The summed E-state index contributed by atoms with van der Waals surface area (Å²) in [7, 11) is -2.90. The molecule has 0 atom stereocenters. The van der Waals surface area contributed by atoms with E-state index in [2.05, 4.69) is 26.9 Å². The van der Waals surface area contributed by atoms with Crippen LogP contribution < -0.4 is 4.90 Å². The van der Waals surface area contributed by atoms with Gasteiger partial charge in [-0.15, -0.1) is 0 Å². The lowest BCUT2D eigenvalue weighted by atomic mass is 10.1. The molecular formula is C15H17BrN2O2S. The minimum absolute atomic E-state index is 0.212. The van der Waals surface area contributed by atoms with Crippen molar-refractivity contribution < 1.29 is 8.42 Å². The van der Waals surface area contributed by atoms with Crippen LogP contribution in [0.15, 0.2) is 30.3 Å². The third-order valence-corrected chi connectivity index (χ3v) is 6.10. The first-order valence-corrected chi connectivity index (χ1v) is 9.93. The summed E-state index contributed by atoms with van der Waals surface area (Å²) in [4.78, 5) is 6.86. The molecule has 6 heteroatoms. The highest BCUT2D eigenvalue weighted by Gasteiger charge is 2.21. The molecule has 3 rings (SSSR count). The lowest BCUT2D eigenvalue weighted by Gasteiger charge is -2.23. The quantitative estimate of drug-likeness (QED) is 0.764. The van der Waals surface area contributed by atoms with E-state index in [0.717, 1.165) is 28.8 Å². The maximum atomic E-state index is 11.8. The molecule has 1 aromatic carbocycles. The van der Waals surface area contributed by atoms with Crippen LogP contribution in [0, 0.1) is 0 Å². The van der Waals surface area contributed by atoms with Crippen LogP contribution in [-0.4, -0.2) is 38.0 Å². The molecule has 2 aromatic rings. The summed E-state index contributed by atoms with van der Waals surface area (Å²) in [6.45, 7) is 1.26. The largest absolute Gasteiger partial charge is 0.355 e. The monoisotopic (exact) mass is 368 g/mol. The molecule has 1 aliphatic rings. The molecule has 0 bridgehead atoms. The lowest BCUT2D eigenvalue weighted by molar-refractivity contribution is 0.597. The molecule has 1 aliphatic heterocycles. The topological polar surface area (TPSA) is 50.3 Å². The van der Waals surface area contributed by atoms with Gasteiger partial charge in [0.05, 0.1) is 17.0 Å². The van der Waals surface area contributed by atoms with E-state index in [9.17, 15) is 8.42 Å². The Morgan fingerprint density at radius 2 is 2.00 bits per heavy atom. The molecule has 112 valence electrons. The standard InChI is InChI=1S/C15H17BrN2O2S/c16-11-13-10-12-4-1-2-5-14(12)17-15(13)18-6-3-8-21(19,20)9-7-18/h1-2,4-5,10H,3,6-9,11H2. The Kier molecular flexibility index (Phi) is 4.17. The van der Waals surface area contributed by atoms with E-state index in [4.69, 9.17) is 4.98 Å². The van der Waals surface area contributed by atoms with Crippen molar-refractivity contribution in [2.75, 3.05) is 29.5 Å². The fourth-order valence-electron chi connectivity index (χ4n) is 2.67. The van der Waals surface area contributed by atoms with Gasteiger partial charge in [-0.25, -0.2) is 13.4 Å². The molecule has 1 saturated heterocycles. The number of hydrogen-bond donors (Lipinski definition) is 0. The predicted octanol–water partition coefficient (Wildman–Crippen LogP) is 2.75. The predicted molar refractivity (Wildman–Crippen MR) is 89.9 cm³/mol. The van der Waals surface area contributed by atoms with Gasteiger partial charge in [0.15, 0.2) is 9.84 Å². The van der Waals surface area contributed by atoms with Gasteiger partial charge < -0.3 is 4.90 Å². The first kappa shape index (κ1) is 14.8. The molecule has 1 fully saturated rings. The molecule has 0 saturated carbocycles. The number of pyridine rings is 1. The average molecular weight is 369 g/mol. The number of fused-ring (bicyclic) bond motifs is 1. The highest BCUT2D eigenvalue weighted by molar-refractivity contribution is 9.08. The number of para-hydroxylation sites is 1. The number of sulfone groups is 1. The second kappa shape index (κ2) is 5.93. The van der Waals surface area contributed by atoms with Crippen LogP contribution in [0.3, 0.4) is 0 Å². The number of anilines is 1. The summed E-state index contributed by atoms with van der Waals surface area (Å²) < 4.78 is 23.5. The molecule has 21 heavy (non-hydrogen) atoms. The Hall–Kier alpha value is -1.14. The molecule has 0 N–H and O–H groups in total. The summed E-state index contributed by atoms with van der Waals surface area (Å²) in [5.74, 6) is 1.40. The van der Waals surface area contributed by atoms with E-state index in [-0.39, 0.29) is 11.5 Å². The van der Waals surface area contributed by atoms with Crippen molar-refractivity contribution in [2.45, 2.75) is 11.8 Å². The van der Waals surface area contributed by atoms with E-state index < -0.39 is 9.84 Å². The number of benzene rings is 1. The minimum atomic E-state index is -2.90. The van der Waals surface area contributed by atoms with E-state index in [0.29, 0.717) is 18.3 Å². The first-order chi connectivity index (χ1) is 10.1. The van der Waals surface area contributed by atoms with Crippen molar-refractivity contribution in [1.29, 1.82) is 0 Å².